The van der Waals surface area contributed by atoms with Gasteiger partial charge in [0.05, 0.1) is 30.0 Å². The summed E-state index contributed by atoms with van der Waals surface area (Å²) >= 11 is 6.05. The fraction of sp³-hybridized carbons (Fsp3) is 0.0870. The van der Waals surface area contributed by atoms with E-state index in [1.165, 1.54) is 49.8 Å². The number of ketones is 1. The summed E-state index contributed by atoms with van der Waals surface area (Å²) in [6.07, 6.45) is 2.83. The van der Waals surface area contributed by atoms with Gasteiger partial charge in [0.1, 0.15) is 23.1 Å². The summed E-state index contributed by atoms with van der Waals surface area (Å²) in [5, 5.41) is 11.4. The molecule has 2 aromatic carbocycles. The van der Waals surface area contributed by atoms with Crippen LogP contribution in [0.2, 0.25) is 5.02 Å². The molecule has 1 atom stereocenters. The smallest absolute Gasteiger partial charge is 0.300 e. The van der Waals surface area contributed by atoms with Gasteiger partial charge in [0, 0.05) is 23.5 Å². The molecule has 1 aliphatic rings. The Morgan fingerprint density at radius 3 is 2.50 bits per heavy atom. The van der Waals surface area contributed by atoms with Gasteiger partial charge in [0.25, 0.3) is 11.7 Å². The number of aliphatic hydroxyl groups is 1. The quantitative estimate of drug-likeness (QED) is 0.351. The van der Waals surface area contributed by atoms with E-state index in [2.05, 4.69) is 4.98 Å². The molecule has 3 aromatic rings. The highest BCUT2D eigenvalue weighted by Gasteiger charge is 2.48. The molecule has 4 rings (SSSR count). The molecule has 0 spiro atoms. The van der Waals surface area contributed by atoms with Gasteiger partial charge in [0.2, 0.25) is 0 Å². The maximum Gasteiger partial charge on any atom is 0.300 e. The number of benzene rings is 2. The lowest BCUT2D eigenvalue weighted by molar-refractivity contribution is -0.132. The van der Waals surface area contributed by atoms with E-state index in [4.69, 9.17) is 16.3 Å². The van der Waals surface area contributed by atoms with Gasteiger partial charge in [-0.25, -0.2) is 8.78 Å². The van der Waals surface area contributed by atoms with Crippen LogP contribution in [-0.2, 0) is 9.59 Å². The summed E-state index contributed by atoms with van der Waals surface area (Å²) in [4.78, 5) is 30.8. The van der Waals surface area contributed by atoms with Crippen molar-refractivity contribution in [3.05, 3.63) is 94.3 Å². The molecule has 9 heteroatoms. The zero-order chi connectivity index (χ0) is 23.0. The SMILES string of the molecule is COc1ccc(Cl)cc1/C(O)=C1\C(=O)C(=O)N(c2cc(F)ccc2F)C1c1ccncc1. The van der Waals surface area contributed by atoms with Crippen molar-refractivity contribution in [2.75, 3.05) is 12.0 Å². The van der Waals surface area contributed by atoms with Crippen molar-refractivity contribution in [3.8, 4) is 5.75 Å². The Morgan fingerprint density at radius 2 is 1.81 bits per heavy atom. The van der Waals surface area contributed by atoms with Crippen LogP contribution >= 0.6 is 11.6 Å². The number of methoxy groups -OCH3 is 1. The Labute approximate surface area is 186 Å². The number of ether oxygens (including phenoxy) is 1. The number of nitrogens with zero attached hydrogens (tertiary/aromatic N) is 2. The van der Waals surface area contributed by atoms with Crippen molar-refractivity contribution in [3.63, 3.8) is 0 Å². The summed E-state index contributed by atoms with van der Waals surface area (Å²) in [5.41, 5.74) is -0.348. The predicted octanol–water partition coefficient (Wildman–Crippen LogP) is 4.65. The average molecular weight is 457 g/mol. The van der Waals surface area contributed by atoms with Gasteiger partial charge in [-0.15, -0.1) is 0 Å². The van der Waals surface area contributed by atoms with E-state index < -0.39 is 40.8 Å². The number of amides is 1. The van der Waals surface area contributed by atoms with E-state index in [0.29, 0.717) is 5.56 Å². The second-order valence-electron chi connectivity index (χ2n) is 6.89. The monoisotopic (exact) mass is 456 g/mol. The first-order valence-corrected chi connectivity index (χ1v) is 9.71. The number of aromatic nitrogens is 1. The zero-order valence-electron chi connectivity index (χ0n) is 16.6. The van der Waals surface area contributed by atoms with Crippen LogP contribution in [0.1, 0.15) is 17.2 Å². The number of carbonyl (C=O) groups is 2. The second-order valence-corrected chi connectivity index (χ2v) is 7.33. The van der Waals surface area contributed by atoms with E-state index in [9.17, 15) is 23.5 Å². The minimum atomic E-state index is -1.25. The molecule has 1 N–H and O–H groups in total. The molecule has 0 aliphatic carbocycles. The Kier molecular flexibility index (Phi) is 5.63. The maximum absolute atomic E-state index is 14.6. The zero-order valence-corrected chi connectivity index (χ0v) is 17.3. The molecule has 1 aromatic heterocycles. The summed E-state index contributed by atoms with van der Waals surface area (Å²) in [6, 6.07) is 8.70. The molecule has 32 heavy (non-hydrogen) atoms. The lowest BCUT2D eigenvalue weighted by atomic mass is 9.95. The van der Waals surface area contributed by atoms with Crippen LogP contribution in [0.25, 0.3) is 5.76 Å². The van der Waals surface area contributed by atoms with Gasteiger partial charge in [-0.3, -0.25) is 19.5 Å². The molecule has 0 bridgehead atoms. The number of carbonyl (C=O) groups excluding carboxylic acids is 2. The highest BCUT2D eigenvalue weighted by Crippen LogP contribution is 2.44. The molecular formula is C23H15ClF2N2O4. The van der Waals surface area contributed by atoms with Crippen molar-refractivity contribution in [2.45, 2.75) is 6.04 Å². The predicted molar refractivity (Wildman–Crippen MR) is 113 cm³/mol. The van der Waals surface area contributed by atoms with Gasteiger partial charge in [-0.2, -0.15) is 0 Å². The lowest BCUT2D eigenvalue weighted by Crippen LogP contribution is -2.30. The normalized spacial score (nSPS) is 17.6. The molecule has 1 aliphatic heterocycles. The number of halogens is 3. The summed E-state index contributed by atoms with van der Waals surface area (Å²) in [6.45, 7) is 0. The summed E-state index contributed by atoms with van der Waals surface area (Å²) in [5.74, 6) is -4.28. The number of pyridine rings is 1. The van der Waals surface area contributed by atoms with Crippen molar-refractivity contribution < 1.29 is 28.2 Å². The highest BCUT2D eigenvalue weighted by atomic mass is 35.5. The molecule has 0 saturated carbocycles. The number of rotatable bonds is 4. The van der Waals surface area contributed by atoms with Crippen LogP contribution in [0.15, 0.2) is 66.5 Å². The van der Waals surface area contributed by atoms with Crippen LogP contribution in [-0.4, -0.2) is 28.9 Å². The molecule has 2 heterocycles. The van der Waals surface area contributed by atoms with Crippen molar-refractivity contribution >= 4 is 34.7 Å². The fourth-order valence-corrected chi connectivity index (χ4v) is 3.80. The van der Waals surface area contributed by atoms with Gasteiger partial charge in [-0.05, 0) is 48.0 Å². The molecule has 1 saturated heterocycles. The van der Waals surface area contributed by atoms with Crippen molar-refractivity contribution in [1.29, 1.82) is 0 Å². The number of aliphatic hydroxyl groups excluding tert-OH is 1. The molecule has 1 amide bonds. The molecule has 0 radical (unpaired) electrons. The van der Waals surface area contributed by atoms with Crippen LogP contribution in [0.3, 0.4) is 0 Å². The number of Topliss-reactive ketones (excluding diaryl/α,β-unsaturated/α-hetero) is 1. The molecule has 1 fully saturated rings. The summed E-state index contributed by atoms with van der Waals surface area (Å²) in [7, 11) is 1.36. The van der Waals surface area contributed by atoms with E-state index in [1.54, 1.807) is 0 Å². The van der Waals surface area contributed by atoms with E-state index in [0.717, 1.165) is 23.1 Å². The third-order valence-electron chi connectivity index (χ3n) is 5.05. The second kappa shape index (κ2) is 8.39. The van der Waals surface area contributed by atoms with E-state index in [1.807, 2.05) is 0 Å². The van der Waals surface area contributed by atoms with E-state index in [-0.39, 0.29) is 21.9 Å². The first-order chi connectivity index (χ1) is 15.3. The Balaban J connectivity index is 2.01. The standard InChI is InChI=1S/C23H15ClF2N2O4/c1-32-18-5-2-13(24)10-15(18)21(29)19-20(12-6-8-27-9-7-12)28(23(31)22(19)30)17-11-14(25)3-4-16(17)26/h2-11,20,29H,1H3/b21-19+. The third kappa shape index (κ3) is 3.58. The largest absolute Gasteiger partial charge is 0.507 e. The topological polar surface area (TPSA) is 79.7 Å². The van der Waals surface area contributed by atoms with E-state index >= 15 is 0 Å². The number of hydrogen-bond donors (Lipinski definition) is 1. The first-order valence-electron chi connectivity index (χ1n) is 9.33. The molecule has 1 unspecified atom stereocenters. The minimum absolute atomic E-state index is 0.0665. The van der Waals surface area contributed by atoms with Gasteiger partial charge in [-0.1, -0.05) is 11.6 Å². The lowest BCUT2D eigenvalue weighted by Gasteiger charge is -2.25. The van der Waals surface area contributed by atoms with Gasteiger partial charge in [0.15, 0.2) is 0 Å². The minimum Gasteiger partial charge on any atom is -0.507 e. The van der Waals surface area contributed by atoms with Crippen LogP contribution in [0.5, 0.6) is 5.75 Å². The third-order valence-corrected chi connectivity index (χ3v) is 5.29. The Bertz CT molecular complexity index is 1260. The Hall–Kier alpha value is -3.78. The van der Waals surface area contributed by atoms with Crippen LogP contribution in [0, 0.1) is 11.6 Å². The molecule has 162 valence electrons. The van der Waals surface area contributed by atoms with Gasteiger partial charge >= 0.3 is 0 Å². The molecular weight excluding hydrogens is 442 g/mol. The average Bonchev–Trinajstić information content (AvgIpc) is 3.06. The Morgan fingerprint density at radius 1 is 1.09 bits per heavy atom. The number of anilines is 1. The van der Waals surface area contributed by atoms with Crippen molar-refractivity contribution in [1.82, 2.24) is 4.98 Å². The van der Waals surface area contributed by atoms with Crippen LogP contribution < -0.4 is 9.64 Å². The first kappa shape index (κ1) is 21.5. The van der Waals surface area contributed by atoms with Crippen LogP contribution in [0.4, 0.5) is 14.5 Å². The maximum atomic E-state index is 14.6. The van der Waals surface area contributed by atoms with Crippen molar-refractivity contribution in [2.24, 2.45) is 0 Å². The highest BCUT2D eigenvalue weighted by molar-refractivity contribution is 6.51. The summed E-state index contributed by atoms with van der Waals surface area (Å²) < 4.78 is 33.8. The molecule has 6 nitrogen and oxygen atoms in total. The van der Waals surface area contributed by atoms with Gasteiger partial charge < -0.3 is 9.84 Å². The number of hydrogen-bond acceptors (Lipinski definition) is 5. The fourth-order valence-electron chi connectivity index (χ4n) is 3.62.